The van der Waals surface area contributed by atoms with Crippen molar-refractivity contribution in [3.8, 4) is 17.2 Å². The van der Waals surface area contributed by atoms with Crippen LogP contribution in [0.3, 0.4) is 0 Å². The molecule has 0 aliphatic rings. The van der Waals surface area contributed by atoms with E-state index in [-0.39, 0.29) is 20.1 Å². The number of alkyl halides is 7. The molecule has 0 aliphatic heterocycles. The van der Waals surface area contributed by atoms with Gasteiger partial charge in [-0.2, -0.15) is 31.6 Å². The summed E-state index contributed by atoms with van der Waals surface area (Å²) in [7, 11) is 0. The minimum Gasteiger partial charge on any atom is -0.218 e. The number of halogens is 9. The van der Waals surface area contributed by atoms with Crippen LogP contribution in [0, 0.1) is 17.4 Å². The third-order valence-electron chi connectivity index (χ3n) is 3.44. The average Bonchev–Trinajstić information content (AvgIpc) is 2.51. The molecule has 0 N–H and O–H groups in total. The zero-order chi connectivity index (χ0) is 19.9. The molecule has 137 valence electrons. The molecule has 0 saturated carbocycles. The molecule has 0 bridgehead atoms. The Morgan fingerprint density at radius 2 is 1.38 bits per heavy atom. The van der Waals surface area contributed by atoms with Gasteiger partial charge in [0, 0.05) is 26.1 Å². The molecule has 1 nitrogen and oxygen atoms in total. The standard InChI is InChI=1S/C16H5Br2F7N/c17-10-5-11(14(19,15(20,21)22)16(23,24)25)13(12(18)6-10)9-3-1-8(7-26)2-4-9/h1-5H. The molecule has 0 spiro atoms. The number of benzene rings is 2. The Bertz CT molecular complexity index is 850. The van der Waals surface area contributed by atoms with Crippen LogP contribution in [0.2, 0.25) is 0 Å². The van der Waals surface area contributed by atoms with Gasteiger partial charge in [0.2, 0.25) is 0 Å². The minimum absolute atomic E-state index is 0.130. The van der Waals surface area contributed by atoms with Gasteiger partial charge < -0.3 is 0 Å². The van der Waals surface area contributed by atoms with Crippen LogP contribution in [-0.4, -0.2) is 12.4 Å². The van der Waals surface area contributed by atoms with Gasteiger partial charge in [0.05, 0.1) is 11.6 Å². The van der Waals surface area contributed by atoms with Crippen molar-refractivity contribution >= 4 is 31.9 Å². The van der Waals surface area contributed by atoms with Crippen LogP contribution in [0.4, 0.5) is 30.7 Å². The molecular formula is C16H5Br2F7N. The Morgan fingerprint density at radius 1 is 0.885 bits per heavy atom. The van der Waals surface area contributed by atoms with Crippen LogP contribution in [0.15, 0.2) is 39.3 Å². The molecule has 0 saturated heterocycles. The lowest BCUT2D eigenvalue weighted by atomic mass is 9.87. The molecule has 0 aliphatic carbocycles. The highest BCUT2D eigenvalue weighted by Crippen LogP contribution is 2.56. The molecular weight excluding hydrogens is 499 g/mol. The third-order valence-corrected chi connectivity index (χ3v) is 4.47. The fourth-order valence-corrected chi connectivity index (χ4v) is 3.60. The van der Waals surface area contributed by atoms with Crippen LogP contribution in [0.5, 0.6) is 0 Å². The van der Waals surface area contributed by atoms with Gasteiger partial charge in [-0.3, -0.25) is 0 Å². The van der Waals surface area contributed by atoms with Crippen molar-refractivity contribution in [2.75, 3.05) is 0 Å². The third kappa shape index (κ3) is 3.47. The van der Waals surface area contributed by atoms with Gasteiger partial charge in [-0.25, -0.2) is 4.39 Å². The van der Waals surface area contributed by atoms with Gasteiger partial charge in [0.1, 0.15) is 0 Å². The average molecular weight is 504 g/mol. The van der Waals surface area contributed by atoms with E-state index in [0.29, 0.717) is 6.07 Å². The van der Waals surface area contributed by atoms with E-state index in [2.05, 4.69) is 37.9 Å². The van der Waals surface area contributed by atoms with Crippen molar-refractivity contribution in [3.05, 3.63) is 56.5 Å². The second-order valence-corrected chi connectivity index (χ2v) is 6.71. The normalized spacial score (nSPS) is 12.8. The van der Waals surface area contributed by atoms with E-state index in [4.69, 9.17) is 5.26 Å². The lowest BCUT2D eigenvalue weighted by Gasteiger charge is -2.32. The summed E-state index contributed by atoms with van der Waals surface area (Å²) < 4.78 is 93.1. The Kier molecular flexibility index (Phi) is 5.46. The maximum Gasteiger partial charge on any atom is 0.435 e. The monoisotopic (exact) mass is 502 g/mol. The maximum absolute atomic E-state index is 14.6. The summed E-state index contributed by atoms with van der Waals surface area (Å²) in [6.45, 7) is 0. The maximum atomic E-state index is 14.6. The van der Waals surface area contributed by atoms with Gasteiger partial charge in [-0.05, 0) is 39.7 Å². The van der Waals surface area contributed by atoms with Crippen LogP contribution < -0.4 is 0 Å². The van der Waals surface area contributed by atoms with Gasteiger partial charge in [0.25, 0.3) is 0 Å². The molecule has 0 heterocycles. The van der Waals surface area contributed by atoms with Crippen molar-refractivity contribution in [2.24, 2.45) is 0 Å². The quantitative estimate of drug-likeness (QED) is 0.411. The highest BCUT2D eigenvalue weighted by molar-refractivity contribution is 9.11. The lowest BCUT2D eigenvalue weighted by molar-refractivity contribution is -0.348. The molecule has 0 aromatic heterocycles. The molecule has 1 radical (unpaired) electrons. The van der Waals surface area contributed by atoms with Crippen LogP contribution >= 0.6 is 31.9 Å². The van der Waals surface area contributed by atoms with E-state index in [1.54, 1.807) is 6.07 Å². The van der Waals surface area contributed by atoms with E-state index in [1.165, 1.54) is 12.1 Å². The molecule has 2 aromatic carbocycles. The second kappa shape index (κ2) is 6.85. The topological polar surface area (TPSA) is 23.8 Å². The zero-order valence-corrected chi connectivity index (χ0v) is 15.4. The van der Waals surface area contributed by atoms with Gasteiger partial charge in [-0.1, -0.05) is 28.1 Å². The van der Waals surface area contributed by atoms with Crippen molar-refractivity contribution in [1.29, 1.82) is 5.26 Å². The van der Waals surface area contributed by atoms with E-state index in [9.17, 15) is 30.7 Å². The Labute approximate surface area is 159 Å². The van der Waals surface area contributed by atoms with Crippen molar-refractivity contribution in [2.45, 2.75) is 18.0 Å². The van der Waals surface area contributed by atoms with Crippen LogP contribution in [0.25, 0.3) is 11.1 Å². The molecule has 26 heavy (non-hydrogen) atoms. The molecule has 0 unspecified atom stereocenters. The second-order valence-electron chi connectivity index (χ2n) is 5.06. The zero-order valence-electron chi connectivity index (χ0n) is 12.2. The number of hydrogen-bond donors (Lipinski definition) is 0. The molecule has 2 aromatic rings. The van der Waals surface area contributed by atoms with E-state index >= 15 is 0 Å². The Morgan fingerprint density at radius 3 is 1.81 bits per heavy atom. The Balaban J connectivity index is 2.90. The number of hydrogen-bond acceptors (Lipinski definition) is 1. The minimum atomic E-state index is -6.26. The lowest BCUT2D eigenvalue weighted by Crippen LogP contribution is -2.50. The van der Waals surface area contributed by atoms with Crippen molar-refractivity contribution in [3.63, 3.8) is 0 Å². The first-order chi connectivity index (χ1) is 11.8. The van der Waals surface area contributed by atoms with E-state index in [1.807, 2.05) is 0 Å². The summed E-state index contributed by atoms with van der Waals surface area (Å²) in [5.41, 5.74) is -7.94. The summed E-state index contributed by atoms with van der Waals surface area (Å²) in [5.74, 6) is 0. The van der Waals surface area contributed by atoms with Crippen molar-refractivity contribution in [1.82, 2.24) is 0 Å². The molecule has 10 heteroatoms. The highest BCUT2D eigenvalue weighted by Gasteiger charge is 2.74. The summed E-state index contributed by atoms with van der Waals surface area (Å²) in [6, 6.07) is 9.22. The molecule has 0 fully saturated rings. The summed E-state index contributed by atoms with van der Waals surface area (Å²) in [4.78, 5) is 0. The number of nitriles is 1. The highest BCUT2D eigenvalue weighted by atomic mass is 79.9. The van der Waals surface area contributed by atoms with Crippen LogP contribution in [-0.2, 0) is 5.67 Å². The molecule has 0 atom stereocenters. The van der Waals surface area contributed by atoms with Gasteiger partial charge in [0.15, 0.2) is 0 Å². The summed E-state index contributed by atoms with van der Waals surface area (Å²) >= 11 is 5.58. The predicted octanol–water partition coefficient (Wildman–Crippen LogP) is 6.84. The fourth-order valence-electron chi connectivity index (χ4n) is 2.25. The SMILES string of the molecule is N#Cc1ccc(-c2c(Br)[c]c(Br)cc2C(F)(C(F)(F)F)C(F)(F)F)cc1. The van der Waals surface area contributed by atoms with E-state index < -0.39 is 29.1 Å². The molecule has 0 amide bonds. The largest absolute Gasteiger partial charge is 0.435 e. The fraction of sp³-hybridized carbons (Fsp3) is 0.188. The van der Waals surface area contributed by atoms with Gasteiger partial charge in [-0.15, -0.1) is 0 Å². The van der Waals surface area contributed by atoms with Gasteiger partial charge >= 0.3 is 18.0 Å². The summed E-state index contributed by atoms with van der Waals surface area (Å²) in [6.07, 6.45) is -12.5. The first-order valence-corrected chi connectivity index (χ1v) is 8.16. The smallest absolute Gasteiger partial charge is 0.218 e. The Hall–Kier alpha value is -1.60. The van der Waals surface area contributed by atoms with Crippen molar-refractivity contribution < 1.29 is 30.7 Å². The number of rotatable bonds is 2. The first kappa shape index (κ1) is 20.7. The predicted molar refractivity (Wildman–Crippen MR) is 85.7 cm³/mol. The molecule has 2 rings (SSSR count). The summed E-state index contributed by atoms with van der Waals surface area (Å²) in [5, 5.41) is 8.76. The van der Waals surface area contributed by atoms with E-state index in [0.717, 1.165) is 12.1 Å². The number of nitrogens with zero attached hydrogens (tertiary/aromatic N) is 1. The van der Waals surface area contributed by atoms with Crippen LogP contribution in [0.1, 0.15) is 11.1 Å². The first-order valence-electron chi connectivity index (χ1n) is 6.57.